The Balaban J connectivity index is 3.81. The van der Waals surface area contributed by atoms with E-state index in [1.165, 1.54) is 0 Å². The molecule has 0 rings (SSSR count). The summed E-state index contributed by atoms with van der Waals surface area (Å²) in [5, 5.41) is 16.8. The van der Waals surface area contributed by atoms with E-state index in [0.29, 0.717) is 0 Å². The van der Waals surface area contributed by atoms with E-state index in [9.17, 15) is 9.59 Å². The normalized spacial score (nSPS) is 14.8. The molecule has 2 N–H and O–H groups in total. The van der Waals surface area contributed by atoms with E-state index in [1.54, 1.807) is 0 Å². The van der Waals surface area contributed by atoms with E-state index in [1.807, 2.05) is 0 Å². The van der Waals surface area contributed by atoms with Crippen LogP contribution in [0.1, 0.15) is 6.42 Å². The molecule has 0 bridgehead atoms. The fourth-order valence-corrected chi connectivity index (χ4v) is 0.648. The molecule has 0 spiro atoms. The van der Waals surface area contributed by atoms with Crippen LogP contribution in [0.2, 0.25) is 0 Å². The van der Waals surface area contributed by atoms with Gasteiger partial charge in [-0.15, -0.1) is 12.6 Å². The summed E-state index contributed by atoms with van der Waals surface area (Å²) in [7, 11) is 0. The Labute approximate surface area is 85.9 Å². The van der Waals surface area contributed by atoms with Gasteiger partial charge < -0.3 is 14.9 Å². The highest BCUT2D eigenvalue weighted by molar-refractivity contribution is 7.96. The van der Waals surface area contributed by atoms with Gasteiger partial charge in [0.25, 0.3) is 0 Å². The highest BCUT2D eigenvalue weighted by Gasteiger charge is 2.18. The van der Waals surface area contributed by atoms with Gasteiger partial charge in [-0.2, -0.15) is 12.6 Å². The summed E-state index contributed by atoms with van der Waals surface area (Å²) >= 11 is 6.96. The average molecular weight is 226 g/mol. The molecule has 7 heteroatoms. The van der Waals surface area contributed by atoms with Crippen LogP contribution in [0.25, 0.3) is 0 Å². The molecule has 0 aromatic carbocycles. The Morgan fingerprint density at radius 2 is 1.92 bits per heavy atom. The quantitative estimate of drug-likeness (QED) is 0.274. The first kappa shape index (κ1) is 12.8. The van der Waals surface area contributed by atoms with Crippen molar-refractivity contribution in [2.75, 3.05) is 5.75 Å². The number of esters is 1. The molecule has 0 aliphatic heterocycles. The number of ether oxygens (including phenoxy) is 1. The van der Waals surface area contributed by atoms with Crippen LogP contribution >= 0.6 is 25.3 Å². The Bertz CT molecular complexity index is 195. The fraction of sp³-hybridized carbons (Fsp3) is 0.667. The molecule has 0 amide bonds. The average Bonchev–Trinajstić information content (AvgIpc) is 2.03. The molecule has 0 aromatic heterocycles. The number of aliphatic hydroxyl groups is 2. The van der Waals surface area contributed by atoms with Crippen LogP contribution in [0.3, 0.4) is 0 Å². The van der Waals surface area contributed by atoms with Crippen LogP contribution in [0.15, 0.2) is 0 Å². The SMILES string of the molecule is O=C(CC(O)C(=O)S)OC(O)CS. The largest absolute Gasteiger partial charge is 0.435 e. The molecule has 0 aromatic rings. The lowest BCUT2D eigenvalue weighted by atomic mass is 10.3. The minimum Gasteiger partial charge on any atom is -0.435 e. The predicted molar refractivity (Wildman–Crippen MR) is 50.6 cm³/mol. The summed E-state index contributed by atoms with van der Waals surface area (Å²) in [6, 6.07) is 0. The monoisotopic (exact) mass is 226 g/mol. The second kappa shape index (κ2) is 6.25. The summed E-state index contributed by atoms with van der Waals surface area (Å²) in [4.78, 5) is 21.1. The van der Waals surface area contributed by atoms with Gasteiger partial charge in [0.05, 0.1) is 12.2 Å². The van der Waals surface area contributed by atoms with Gasteiger partial charge in [-0.25, -0.2) is 0 Å². The van der Waals surface area contributed by atoms with Crippen LogP contribution < -0.4 is 0 Å². The highest BCUT2D eigenvalue weighted by atomic mass is 32.1. The lowest BCUT2D eigenvalue weighted by Crippen LogP contribution is -2.25. The van der Waals surface area contributed by atoms with Crippen molar-refractivity contribution in [1.29, 1.82) is 0 Å². The molecule has 0 heterocycles. The number of hydrogen-bond acceptors (Lipinski definition) is 6. The zero-order chi connectivity index (χ0) is 10.4. The maximum atomic E-state index is 10.8. The van der Waals surface area contributed by atoms with E-state index >= 15 is 0 Å². The zero-order valence-electron chi connectivity index (χ0n) is 6.58. The van der Waals surface area contributed by atoms with E-state index in [0.717, 1.165) is 0 Å². The second-order valence-electron chi connectivity index (χ2n) is 2.19. The van der Waals surface area contributed by atoms with Gasteiger partial charge in [0.1, 0.15) is 6.10 Å². The maximum Gasteiger partial charge on any atom is 0.311 e. The summed E-state index contributed by atoms with van der Waals surface area (Å²) in [5.41, 5.74) is 0. The molecule has 2 unspecified atom stereocenters. The highest BCUT2D eigenvalue weighted by Crippen LogP contribution is 2.01. The lowest BCUT2D eigenvalue weighted by Gasteiger charge is -2.10. The van der Waals surface area contributed by atoms with Crippen LogP contribution in [0.4, 0.5) is 0 Å². The summed E-state index contributed by atoms with van der Waals surface area (Å²) < 4.78 is 4.31. The summed E-state index contributed by atoms with van der Waals surface area (Å²) in [6.07, 6.45) is -3.34. The van der Waals surface area contributed by atoms with Gasteiger partial charge in [0, 0.05) is 0 Å². The predicted octanol–water partition coefficient (Wildman–Crippen LogP) is -1.01. The molecule has 13 heavy (non-hydrogen) atoms. The first-order valence-electron chi connectivity index (χ1n) is 3.36. The number of rotatable bonds is 5. The van der Waals surface area contributed by atoms with Gasteiger partial charge in [-0.05, 0) is 0 Å². The maximum absolute atomic E-state index is 10.8. The van der Waals surface area contributed by atoms with E-state index in [4.69, 9.17) is 10.2 Å². The van der Waals surface area contributed by atoms with Gasteiger partial charge in [-0.1, -0.05) is 0 Å². The molecule has 5 nitrogen and oxygen atoms in total. The molecule has 0 fully saturated rings. The van der Waals surface area contributed by atoms with Crippen LogP contribution in [-0.4, -0.2) is 39.4 Å². The van der Waals surface area contributed by atoms with E-state index in [2.05, 4.69) is 30.0 Å². The Morgan fingerprint density at radius 1 is 1.38 bits per heavy atom. The van der Waals surface area contributed by atoms with Crippen molar-refractivity contribution < 1.29 is 24.5 Å². The van der Waals surface area contributed by atoms with Crippen molar-refractivity contribution in [3.8, 4) is 0 Å². The molecular formula is C6H10O5S2. The summed E-state index contributed by atoms with van der Waals surface area (Å²) in [5.74, 6) is -0.923. The van der Waals surface area contributed by atoms with Crippen LogP contribution in [-0.2, 0) is 14.3 Å². The van der Waals surface area contributed by atoms with Crippen molar-refractivity contribution in [2.24, 2.45) is 0 Å². The number of aliphatic hydroxyl groups excluding tert-OH is 2. The zero-order valence-corrected chi connectivity index (χ0v) is 8.37. The second-order valence-corrected chi connectivity index (χ2v) is 2.99. The lowest BCUT2D eigenvalue weighted by molar-refractivity contribution is -0.166. The van der Waals surface area contributed by atoms with Crippen molar-refractivity contribution in [3.63, 3.8) is 0 Å². The standard InChI is InChI=1S/C6H10O5S2/c7-3(6(10)13)1-4(8)11-5(9)2-12/h3,5,7,9,12H,1-2H2,(H,10,13). The first-order valence-corrected chi connectivity index (χ1v) is 4.44. The molecule has 0 radical (unpaired) electrons. The third-order valence-electron chi connectivity index (χ3n) is 1.07. The van der Waals surface area contributed by atoms with E-state index in [-0.39, 0.29) is 5.75 Å². The summed E-state index contributed by atoms with van der Waals surface area (Å²) in [6.45, 7) is 0. The Kier molecular flexibility index (Phi) is 6.13. The topological polar surface area (TPSA) is 83.8 Å². The van der Waals surface area contributed by atoms with Crippen molar-refractivity contribution in [1.82, 2.24) is 0 Å². The van der Waals surface area contributed by atoms with Gasteiger partial charge in [0.15, 0.2) is 0 Å². The molecule has 0 aliphatic carbocycles. The molecule has 2 atom stereocenters. The molecule has 0 saturated carbocycles. The number of hydrogen-bond donors (Lipinski definition) is 4. The van der Waals surface area contributed by atoms with E-state index < -0.39 is 29.9 Å². The molecule has 0 aliphatic rings. The number of thiol groups is 2. The minimum atomic E-state index is -1.50. The Morgan fingerprint density at radius 3 is 2.31 bits per heavy atom. The third kappa shape index (κ3) is 5.92. The van der Waals surface area contributed by atoms with Gasteiger partial charge >= 0.3 is 5.97 Å². The van der Waals surface area contributed by atoms with Gasteiger partial charge in [-0.3, -0.25) is 9.59 Å². The first-order chi connectivity index (χ1) is 5.97. The Hall–Kier alpha value is -0.240. The van der Waals surface area contributed by atoms with Crippen LogP contribution in [0.5, 0.6) is 0 Å². The van der Waals surface area contributed by atoms with Crippen LogP contribution in [0, 0.1) is 0 Å². The minimum absolute atomic E-state index is 0.0450. The van der Waals surface area contributed by atoms with Gasteiger partial charge in [0.2, 0.25) is 11.4 Å². The van der Waals surface area contributed by atoms with Crippen molar-refractivity contribution in [3.05, 3.63) is 0 Å². The number of carbonyl (C=O) groups is 2. The fourth-order valence-electron chi connectivity index (χ4n) is 0.482. The molecule has 76 valence electrons. The molecule has 0 saturated heterocycles. The van der Waals surface area contributed by atoms with Crippen molar-refractivity contribution in [2.45, 2.75) is 18.8 Å². The third-order valence-corrected chi connectivity index (χ3v) is 1.68. The number of carbonyl (C=O) groups excluding carboxylic acids is 2. The van der Waals surface area contributed by atoms with Crippen molar-refractivity contribution >= 4 is 36.3 Å². The molecular weight excluding hydrogens is 216 g/mol. The smallest absolute Gasteiger partial charge is 0.311 e.